The van der Waals surface area contributed by atoms with Gasteiger partial charge in [-0.1, -0.05) is 0 Å². The summed E-state index contributed by atoms with van der Waals surface area (Å²) in [5.74, 6) is 0.283. The molecular weight excluding hydrogens is 244 g/mol. The van der Waals surface area contributed by atoms with Gasteiger partial charge in [-0.15, -0.1) is 0 Å². The predicted molar refractivity (Wildman–Crippen MR) is 73.0 cm³/mol. The van der Waals surface area contributed by atoms with Crippen molar-refractivity contribution in [2.24, 2.45) is 5.41 Å². The molecule has 0 aromatic rings. The fraction of sp³-hybridized carbons (Fsp3) is 0.929. The normalized spacial score (nSPS) is 24.4. The first-order valence-electron chi connectivity index (χ1n) is 7.24. The van der Waals surface area contributed by atoms with Crippen LogP contribution in [-0.2, 0) is 14.3 Å². The number of carbonyl (C=O) groups excluding carboxylic acids is 1. The molecule has 1 N–H and O–H groups in total. The first kappa shape index (κ1) is 14.8. The van der Waals surface area contributed by atoms with Crippen LogP contribution >= 0.6 is 0 Å². The van der Waals surface area contributed by atoms with E-state index >= 15 is 0 Å². The van der Waals surface area contributed by atoms with E-state index in [4.69, 9.17) is 9.47 Å². The van der Waals surface area contributed by atoms with Crippen LogP contribution in [0.5, 0.6) is 0 Å². The number of rotatable bonds is 4. The topological polar surface area (TPSA) is 50.8 Å². The lowest BCUT2D eigenvalue weighted by Crippen LogP contribution is -2.53. The van der Waals surface area contributed by atoms with Crippen molar-refractivity contribution in [3.05, 3.63) is 0 Å². The van der Waals surface area contributed by atoms with E-state index in [9.17, 15) is 4.79 Å². The number of nitrogens with zero attached hydrogens (tertiary/aromatic N) is 1. The first-order chi connectivity index (χ1) is 9.22. The second-order valence-electron chi connectivity index (χ2n) is 5.69. The molecule has 2 heterocycles. The molecule has 110 valence electrons. The van der Waals surface area contributed by atoms with Crippen molar-refractivity contribution in [3.63, 3.8) is 0 Å². The zero-order valence-electron chi connectivity index (χ0n) is 12.1. The van der Waals surface area contributed by atoms with E-state index in [1.807, 2.05) is 4.90 Å². The molecule has 0 atom stereocenters. The van der Waals surface area contributed by atoms with Crippen LogP contribution in [0.15, 0.2) is 0 Å². The summed E-state index contributed by atoms with van der Waals surface area (Å²) in [4.78, 5) is 14.9. The van der Waals surface area contributed by atoms with Crippen LogP contribution in [0.2, 0.25) is 0 Å². The summed E-state index contributed by atoms with van der Waals surface area (Å²) in [5, 5.41) is 3.33. The third kappa shape index (κ3) is 3.27. The molecule has 0 aromatic heterocycles. The highest BCUT2D eigenvalue weighted by molar-refractivity contribution is 5.83. The van der Waals surface area contributed by atoms with Gasteiger partial charge in [0.25, 0.3) is 0 Å². The maximum atomic E-state index is 12.8. The number of carbonyl (C=O) groups is 1. The quantitative estimate of drug-likeness (QED) is 0.814. The number of piperidine rings is 2. The highest BCUT2D eigenvalue weighted by Crippen LogP contribution is 2.32. The van der Waals surface area contributed by atoms with E-state index in [1.165, 1.54) is 0 Å². The average molecular weight is 270 g/mol. The summed E-state index contributed by atoms with van der Waals surface area (Å²) in [6.07, 6.45) is 3.97. The lowest BCUT2D eigenvalue weighted by Gasteiger charge is -2.41. The standard InChI is InChI=1S/C14H26N2O3/c1-18-11-14(5-7-15-8-6-14)13(17)16-9-3-12(19-2)4-10-16/h12,15H,3-11H2,1-2H3. The van der Waals surface area contributed by atoms with E-state index in [0.717, 1.165) is 51.9 Å². The van der Waals surface area contributed by atoms with E-state index in [-0.39, 0.29) is 11.3 Å². The van der Waals surface area contributed by atoms with Crippen molar-refractivity contribution in [2.75, 3.05) is 47.0 Å². The number of nitrogens with one attached hydrogen (secondary N) is 1. The minimum absolute atomic E-state index is 0.283. The van der Waals surface area contributed by atoms with Crippen LogP contribution in [0.1, 0.15) is 25.7 Å². The Morgan fingerprint density at radius 1 is 1.26 bits per heavy atom. The Balaban J connectivity index is 1.99. The van der Waals surface area contributed by atoms with E-state index in [2.05, 4.69) is 5.32 Å². The van der Waals surface area contributed by atoms with Gasteiger partial charge in [0, 0.05) is 27.3 Å². The number of ether oxygens (including phenoxy) is 2. The largest absolute Gasteiger partial charge is 0.384 e. The van der Waals surface area contributed by atoms with Gasteiger partial charge < -0.3 is 19.7 Å². The second kappa shape index (κ2) is 6.68. The molecule has 19 heavy (non-hydrogen) atoms. The fourth-order valence-corrected chi connectivity index (χ4v) is 3.23. The Kier molecular flexibility index (Phi) is 5.19. The minimum Gasteiger partial charge on any atom is -0.384 e. The lowest BCUT2D eigenvalue weighted by atomic mass is 9.78. The average Bonchev–Trinajstić information content (AvgIpc) is 2.48. The highest BCUT2D eigenvalue weighted by atomic mass is 16.5. The van der Waals surface area contributed by atoms with Crippen molar-refractivity contribution < 1.29 is 14.3 Å². The van der Waals surface area contributed by atoms with Crippen molar-refractivity contribution >= 4 is 5.91 Å². The first-order valence-corrected chi connectivity index (χ1v) is 7.24. The lowest BCUT2D eigenvalue weighted by molar-refractivity contribution is -0.150. The van der Waals surface area contributed by atoms with Gasteiger partial charge >= 0.3 is 0 Å². The van der Waals surface area contributed by atoms with Crippen LogP contribution in [-0.4, -0.2) is 63.9 Å². The molecule has 0 radical (unpaired) electrons. The predicted octanol–water partition coefficient (Wildman–Crippen LogP) is 0.640. The van der Waals surface area contributed by atoms with E-state index in [0.29, 0.717) is 12.7 Å². The molecular formula is C14H26N2O3. The van der Waals surface area contributed by atoms with Gasteiger partial charge in [0.05, 0.1) is 18.1 Å². The van der Waals surface area contributed by atoms with Crippen molar-refractivity contribution in [1.29, 1.82) is 0 Å². The van der Waals surface area contributed by atoms with Crippen molar-refractivity contribution in [1.82, 2.24) is 10.2 Å². The molecule has 0 unspecified atom stereocenters. The van der Waals surface area contributed by atoms with Crippen LogP contribution in [0.25, 0.3) is 0 Å². The third-order valence-electron chi connectivity index (χ3n) is 4.50. The smallest absolute Gasteiger partial charge is 0.231 e. The molecule has 1 amide bonds. The Bertz CT molecular complexity index is 290. The monoisotopic (exact) mass is 270 g/mol. The van der Waals surface area contributed by atoms with Gasteiger partial charge in [0.1, 0.15) is 0 Å². The summed E-state index contributed by atoms with van der Waals surface area (Å²) in [5.41, 5.74) is -0.306. The highest BCUT2D eigenvalue weighted by Gasteiger charge is 2.42. The summed E-state index contributed by atoms with van der Waals surface area (Å²) >= 11 is 0. The second-order valence-corrected chi connectivity index (χ2v) is 5.69. The summed E-state index contributed by atoms with van der Waals surface area (Å²) in [6.45, 7) is 3.98. The molecule has 0 aliphatic carbocycles. The maximum Gasteiger partial charge on any atom is 0.231 e. The van der Waals surface area contributed by atoms with Gasteiger partial charge in [-0.25, -0.2) is 0 Å². The van der Waals surface area contributed by atoms with Crippen LogP contribution in [0.4, 0.5) is 0 Å². The van der Waals surface area contributed by atoms with Gasteiger partial charge in [-0.05, 0) is 38.8 Å². The molecule has 2 saturated heterocycles. The Labute approximate surface area is 115 Å². The van der Waals surface area contributed by atoms with Crippen molar-refractivity contribution in [3.8, 4) is 0 Å². The number of hydrogen-bond acceptors (Lipinski definition) is 4. The molecule has 0 spiro atoms. The molecule has 5 nitrogen and oxygen atoms in total. The third-order valence-corrected chi connectivity index (χ3v) is 4.50. The van der Waals surface area contributed by atoms with E-state index < -0.39 is 0 Å². The molecule has 2 aliphatic rings. The number of hydrogen-bond donors (Lipinski definition) is 1. The molecule has 0 aromatic carbocycles. The minimum atomic E-state index is -0.306. The summed E-state index contributed by atoms with van der Waals surface area (Å²) < 4.78 is 10.7. The Morgan fingerprint density at radius 3 is 2.42 bits per heavy atom. The molecule has 0 saturated carbocycles. The van der Waals surface area contributed by atoms with Crippen LogP contribution in [0.3, 0.4) is 0 Å². The van der Waals surface area contributed by atoms with Gasteiger partial charge in [-0.3, -0.25) is 4.79 Å². The zero-order chi connectivity index (χ0) is 13.7. The number of methoxy groups -OCH3 is 2. The van der Waals surface area contributed by atoms with Gasteiger partial charge in [0.15, 0.2) is 0 Å². The van der Waals surface area contributed by atoms with Gasteiger partial charge in [0.2, 0.25) is 5.91 Å². The van der Waals surface area contributed by atoms with Crippen LogP contribution in [0, 0.1) is 5.41 Å². The number of likely N-dealkylation sites (tertiary alicyclic amines) is 1. The fourth-order valence-electron chi connectivity index (χ4n) is 3.23. The summed E-state index contributed by atoms with van der Waals surface area (Å²) in [6, 6.07) is 0. The molecule has 2 aliphatic heterocycles. The van der Waals surface area contributed by atoms with Crippen molar-refractivity contribution in [2.45, 2.75) is 31.8 Å². The molecule has 2 rings (SSSR count). The SMILES string of the molecule is COCC1(C(=O)N2CCC(OC)CC2)CCNCC1. The molecule has 5 heteroatoms. The molecule has 0 bridgehead atoms. The Morgan fingerprint density at radius 2 is 1.89 bits per heavy atom. The van der Waals surface area contributed by atoms with Crippen LogP contribution < -0.4 is 5.32 Å². The van der Waals surface area contributed by atoms with Gasteiger partial charge in [-0.2, -0.15) is 0 Å². The van der Waals surface area contributed by atoms with E-state index in [1.54, 1.807) is 14.2 Å². The zero-order valence-corrected chi connectivity index (χ0v) is 12.1. The Hall–Kier alpha value is -0.650. The molecule has 2 fully saturated rings. The number of amides is 1. The maximum absolute atomic E-state index is 12.8. The summed E-state index contributed by atoms with van der Waals surface area (Å²) in [7, 11) is 3.44.